The van der Waals surface area contributed by atoms with Crippen molar-refractivity contribution in [1.82, 2.24) is 24.2 Å². The molecule has 38 heavy (non-hydrogen) atoms. The highest BCUT2D eigenvalue weighted by atomic mass is 19.1. The third kappa shape index (κ3) is 4.82. The maximum absolute atomic E-state index is 14.2. The van der Waals surface area contributed by atoms with Gasteiger partial charge in [-0.25, -0.2) is 13.8 Å². The van der Waals surface area contributed by atoms with Gasteiger partial charge >= 0.3 is 0 Å². The van der Waals surface area contributed by atoms with Gasteiger partial charge in [-0.3, -0.25) is 14.2 Å². The first kappa shape index (κ1) is 24.4. The number of hydrogen-bond donors (Lipinski definition) is 1. The van der Waals surface area contributed by atoms with E-state index in [1.165, 1.54) is 30.7 Å². The zero-order valence-corrected chi connectivity index (χ0v) is 21.2. The summed E-state index contributed by atoms with van der Waals surface area (Å²) in [6, 6.07) is 3.60. The summed E-state index contributed by atoms with van der Waals surface area (Å²) in [5.74, 6) is -0.307. The van der Waals surface area contributed by atoms with Crippen molar-refractivity contribution in [2.45, 2.75) is 25.2 Å². The van der Waals surface area contributed by atoms with Crippen molar-refractivity contribution in [3.63, 3.8) is 0 Å². The van der Waals surface area contributed by atoms with Crippen LogP contribution in [0.5, 0.6) is 0 Å². The average molecular weight is 520 g/mol. The Morgan fingerprint density at radius 1 is 1.05 bits per heavy atom. The lowest BCUT2D eigenvalue weighted by Crippen LogP contribution is -2.50. The van der Waals surface area contributed by atoms with Crippen LogP contribution in [0.25, 0.3) is 5.65 Å². The van der Waals surface area contributed by atoms with E-state index in [-0.39, 0.29) is 18.4 Å². The van der Waals surface area contributed by atoms with Gasteiger partial charge in [0.2, 0.25) is 5.91 Å². The molecule has 3 aliphatic rings. The third-order valence-corrected chi connectivity index (χ3v) is 7.65. The molecule has 1 amide bonds. The number of carbonyl (C=O) groups is 1. The lowest BCUT2D eigenvalue weighted by atomic mass is 9.95. The Bertz CT molecular complexity index is 1390. The molecule has 3 aromatic rings. The van der Waals surface area contributed by atoms with E-state index in [1.54, 1.807) is 17.3 Å². The minimum absolute atomic E-state index is 0.0328. The van der Waals surface area contributed by atoms with Gasteiger partial charge in [0.15, 0.2) is 5.65 Å². The quantitative estimate of drug-likeness (QED) is 0.535. The molecule has 2 saturated heterocycles. The second-order valence-corrected chi connectivity index (χ2v) is 9.99. The summed E-state index contributed by atoms with van der Waals surface area (Å²) in [6.07, 6.45) is 15.3. The van der Waals surface area contributed by atoms with Crippen molar-refractivity contribution < 1.29 is 13.6 Å². The molecule has 1 aliphatic carbocycles. The molecular weight excluding hydrogens is 488 g/mol. The van der Waals surface area contributed by atoms with Crippen LogP contribution in [0.3, 0.4) is 0 Å². The lowest BCUT2D eigenvalue weighted by Gasteiger charge is -2.36. The normalized spacial score (nSPS) is 19.8. The SMILES string of the molecule is O=C(CNc1c(C2C=CC(N3CCCC3)=CC2)nc2cnccn12)N1CCN(c2ccc(F)cc2F)CC1. The molecule has 6 rings (SSSR count). The number of aromatic nitrogens is 3. The van der Waals surface area contributed by atoms with Gasteiger partial charge in [-0.1, -0.05) is 12.2 Å². The van der Waals surface area contributed by atoms with Gasteiger partial charge in [0.25, 0.3) is 0 Å². The van der Waals surface area contributed by atoms with Gasteiger partial charge in [-0.15, -0.1) is 0 Å². The van der Waals surface area contributed by atoms with Gasteiger partial charge in [-0.2, -0.15) is 0 Å². The maximum atomic E-state index is 14.2. The fourth-order valence-electron chi connectivity index (χ4n) is 5.59. The maximum Gasteiger partial charge on any atom is 0.242 e. The fourth-order valence-corrected chi connectivity index (χ4v) is 5.59. The summed E-state index contributed by atoms with van der Waals surface area (Å²) < 4.78 is 29.4. The number of fused-ring (bicyclic) bond motifs is 1. The van der Waals surface area contributed by atoms with Crippen molar-refractivity contribution in [2.75, 3.05) is 56.0 Å². The van der Waals surface area contributed by atoms with Crippen LogP contribution in [-0.2, 0) is 4.79 Å². The van der Waals surface area contributed by atoms with E-state index in [2.05, 4.69) is 33.4 Å². The molecule has 2 fully saturated rings. The molecule has 4 heterocycles. The van der Waals surface area contributed by atoms with Crippen molar-refractivity contribution in [1.29, 1.82) is 0 Å². The molecule has 198 valence electrons. The van der Waals surface area contributed by atoms with E-state index < -0.39 is 11.6 Å². The predicted molar refractivity (Wildman–Crippen MR) is 142 cm³/mol. The van der Waals surface area contributed by atoms with Crippen LogP contribution < -0.4 is 10.2 Å². The molecule has 2 aromatic heterocycles. The predicted octanol–water partition coefficient (Wildman–Crippen LogP) is 3.79. The number of likely N-dealkylation sites (tertiary alicyclic amines) is 1. The highest BCUT2D eigenvalue weighted by Gasteiger charge is 2.26. The summed E-state index contributed by atoms with van der Waals surface area (Å²) >= 11 is 0. The Morgan fingerprint density at radius 3 is 2.61 bits per heavy atom. The Hall–Kier alpha value is -3.95. The van der Waals surface area contributed by atoms with Gasteiger partial charge in [0.1, 0.15) is 17.5 Å². The summed E-state index contributed by atoms with van der Waals surface area (Å²) in [7, 11) is 0. The zero-order valence-electron chi connectivity index (χ0n) is 21.2. The smallest absolute Gasteiger partial charge is 0.242 e. The number of piperazine rings is 1. The average Bonchev–Trinajstić information content (AvgIpc) is 3.61. The highest BCUT2D eigenvalue weighted by Crippen LogP contribution is 2.33. The van der Waals surface area contributed by atoms with E-state index in [4.69, 9.17) is 4.98 Å². The van der Waals surface area contributed by atoms with E-state index in [1.807, 2.05) is 15.5 Å². The second kappa shape index (κ2) is 10.4. The second-order valence-electron chi connectivity index (χ2n) is 9.99. The number of halogens is 2. The standard InChI is InChI=1S/C28H31F2N7O/c29-21-5-8-24(23(30)17-21)35-13-15-36(16-14-35)26(38)19-32-28-27(33-25-18-31-9-12-37(25)28)20-3-6-22(7-4-20)34-10-1-2-11-34/h3,5-9,12,17-18,20,32H,1-2,4,10-11,13-16,19H2. The lowest BCUT2D eigenvalue weighted by molar-refractivity contribution is -0.129. The molecule has 1 unspecified atom stereocenters. The number of nitrogens with one attached hydrogen (secondary N) is 1. The minimum atomic E-state index is -0.597. The molecule has 0 bridgehead atoms. The van der Waals surface area contributed by atoms with E-state index >= 15 is 0 Å². The summed E-state index contributed by atoms with van der Waals surface area (Å²) in [5.41, 5.74) is 3.28. The van der Waals surface area contributed by atoms with Crippen LogP contribution in [0.15, 0.2) is 60.7 Å². The number of nitrogens with zero attached hydrogens (tertiary/aromatic N) is 6. The number of anilines is 2. The van der Waals surface area contributed by atoms with E-state index in [0.717, 1.165) is 42.7 Å². The molecule has 8 nitrogen and oxygen atoms in total. The third-order valence-electron chi connectivity index (χ3n) is 7.65. The fraction of sp³-hybridized carbons (Fsp3) is 0.393. The first-order valence-corrected chi connectivity index (χ1v) is 13.2. The summed E-state index contributed by atoms with van der Waals surface area (Å²) in [6.45, 7) is 4.26. The first-order chi connectivity index (χ1) is 18.6. The Morgan fingerprint density at radius 2 is 1.87 bits per heavy atom. The van der Waals surface area contributed by atoms with Crippen molar-refractivity contribution in [3.8, 4) is 0 Å². The Labute approximate surface area is 220 Å². The Balaban J connectivity index is 1.12. The molecule has 1 N–H and O–H groups in total. The number of hydrogen-bond acceptors (Lipinski definition) is 6. The zero-order chi connectivity index (χ0) is 26.1. The molecule has 2 aliphatic heterocycles. The number of imidazole rings is 1. The molecule has 0 radical (unpaired) electrons. The highest BCUT2D eigenvalue weighted by molar-refractivity contribution is 5.81. The van der Waals surface area contributed by atoms with Crippen LogP contribution >= 0.6 is 0 Å². The molecule has 0 spiro atoms. The molecule has 1 atom stereocenters. The van der Waals surface area contributed by atoms with Crippen LogP contribution in [-0.4, -0.2) is 75.9 Å². The van der Waals surface area contributed by atoms with Crippen LogP contribution in [0.1, 0.15) is 30.9 Å². The number of benzene rings is 1. The minimum Gasteiger partial charge on any atom is -0.372 e. The van der Waals surface area contributed by atoms with Gasteiger partial charge in [-0.05, 0) is 37.5 Å². The summed E-state index contributed by atoms with van der Waals surface area (Å²) in [5, 5.41) is 3.36. The van der Waals surface area contributed by atoms with E-state index in [9.17, 15) is 13.6 Å². The van der Waals surface area contributed by atoms with E-state index in [0.29, 0.717) is 31.9 Å². The number of allylic oxidation sites excluding steroid dienone is 3. The van der Waals surface area contributed by atoms with Gasteiger partial charge < -0.3 is 20.0 Å². The van der Waals surface area contributed by atoms with Crippen LogP contribution in [0.2, 0.25) is 0 Å². The number of carbonyl (C=O) groups excluding carboxylic acids is 1. The monoisotopic (exact) mass is 519 g/mol. The largest absolute Gasteiger partial charge is 0.372 e. The molecular formula is C28H31F2N7O. The van der Waals surface area contributed by atoms with Crippen LogP contribution in [0.4, 0.5) is 20.3 Å². The number of amides is 1. The topological polar surface area (TPSA) is 69.0 Å². The Kier molecular flexibility index (Phi) is 6.70. The first-order valence-electron chi connectivity index (χ1n) is 13.2. The van der Waals surface area contributed by atoms with Crippen molar-refractivity contribution >= 4 is 23.1 Å². The summed E-state index contributed by atoms with van der Waals surface area (Å²) in [4.78, 5) is 28.2. The molecule has 1 aromatic carbocycles. The molecule has 0 saturated carbocycles. The van der Waals surface area contributed by atoms with Crippen molar-refractivity contribution in [2.24, 2.45) is 0 Å². The molecule has 10 heteroatoms. The van der Waals surface area contributed by atoms with Gasteiger partial charge in [0.05, 0.1) is 24.1 Å². The number of rotatable bonds is 6. The van der Waals surface area contributed by atoms with Gasteiger partial charge in [0, 0.05) is 69.3 Å². The van der Waals surface area contributed by atoms with Crippen molar-refractivity contribution in [3.05, 3.63) is 78.0 Å². The van der Waals surface area contributed by atoms with Crippen LogP contribution in [0, 0.1) is 11.6 Å².